The molecule has 0 fully saturated rings. The minimum atomic E-state index is 0.715. The molecule has 0 radical (unpaired) electrons. The standard InChI is InChI=1S/2C7H5N.2C2H3N/c2*8-6-7-4-2-1-3-5-7;2*1-2-3/h2*1-5H;2*1H3. The maximum Gasteiger partial charge on any atom is 0.0991 e. The summed E-state index contributed by atoms with van der Waals surface area (Å²) in [6, 6.07) is 25.8. The summed E-state index contributed by atoms with van der Waals surface area (Å²) in [5.41, 5.74) is 1.43. The molecule has 4 heteroatoms. The topological polar surface area (TPSA) is 95.2 Å². The highest BCUT2D eigenvalue weighted by atomic mass is 14.2. The molecular formula is C18H16N4. The maximum absolute atomic E-state index is 8.29. The monoisotopic (exact) mass is 288 g/mol. The van der Waals surface area contributed by atoms with E-state index in [2.05, 4.69) is 0 Å². The lowest BCUT2D eigenvalue weighted by molar-refractivity contribution is 1.49. The molecule has 0 unspecified atom stereocenters. The molecule has 0 saturated heterocycles. The number of nitrogens with zero attached hydrogens (tertiary/aromatic N) is 4. The van der Waals surface area contributed by atoms with E-state index in [1.54, 1.807) is 36.4 Å². The first-order valence-corrected chi connectivity index (χ1v) is 6.22. The number of hydrogen-bond donors (Lipinski definition) is 0. The van der Waals surface area contributed by atoms with E-state index in [1.165, 1.54) is 13.8 Å². The molecule has 2 aromatic rings. The molecule has 2 rings (SSSR count). The second kappa shape index (κ2) is 17.4. The van der Waals surface area contributed by atoms with Crippen LogP contribution in [0, 0.1) is 45.3 Å². The fourth-order valence-electron chi connectivity index (χ4n) is 1.03. The van der Waals surface area contributed by atoms with E-state index in [9.17, 15) is 0 Å². The summed E-state index contributed by atoms with van der Waals surface area (Å²) in [6.45, 7) is 2.86. The summed E-state index contributed by atoms with van der Waals surface area (Å²) in [7, 11) is 0. The van der Waals surface area contributed by atoms with Gasteiger partial charge in [0.25, 0.3) is 0 Å². The highest BCUT2D eigenvalue weighted by Gasteiger charge is 1.80. The van der Waals surface area contributed by atoms with E-state index in [4.69, 9.17) is 21.0 Å². The zero-order chi connectivity index (χ0) is 17.1. The third-order valence-electron chi connectivity index (χ3n) is 1.81. The number of benzene rings is 2. The molecule has 0 N–H and O–H groups in total. The Morgan fingerprint density at radius 3 is 0.909 bits per heavy atom. The molecular weight excluding hydrogens is 272 g/mol. The van der Waals surface area contributed by atoms with Crippen molar-refractivity contribution in [2.45, 2.75) is 13.8 Å². The lowest BCUT2D eigenvalue weighted by Crippen LogP contribution is -1.66. The first kappa shape index (κ1) is 20.7. The molecule has 22 heavy (non-hydrogen) atoms. The quantitative estimate of drug-likeness (QED) is 0.726. The Morgan fingerprint density at radius 2 is 0.773 bits per heavy atom. The fraction of sp³-hybridized carbons (Fsp3) is 0.111. The highest BCUT2D eigenvalue weighted by Crippen LogP contribution is 1.93. The summed E-state index contributed by atoms with van der Waals surface area (Å²) in [5, 5.41) is 31.2. The van der Waals surface area contributed by atoms with Crippen LogP contribution in [0.3, 0.4) is 0 Å². The lowest BCUT2D eigenvalue weighted by atomic mass is 10.2. The number of rotatable bonds is 0. The molecule has 0 saturated carbocycles. The summed E-state index contributed by atoms with van der Waals surface area (Å²) < 4.78 is 0. The van der Waals surface area contributed by atoms with Gasteiger partial charge in [0.1, 0.15) is 0 Å². The molecule has 0 bridgehead atoms. The smallest absolute Gasteiger partial charge is 0.0991 e. The minimum Gasteiger partial charge on any atom is -0.199 e. The van der Waals surface area contributed by atoms with Crippen LogP contribution in [0.25, 0.3) is 0 Å². The van der Waals surface area contributed by atoms with E-state index in [1.807, 2.05) is 48.5 Å². The fourth-order valence-corrected chi connectivity index (χ4v) is 1.03. The van der Waals surface area contributed by atoms with Gasteiger partial charge in [0.15, 0.2) is 0 Å². The molecule has 0 aromatic heterocycles. The summed E-state index contributed by atoms with van der Waals surface area (Å²) in [4.78, 5) is 0. The predicted octanol–water partition coefficient (Wildman–Crippen LogP) is 4.18. The highest BCUT2D eigenvalue weighted by molar-refractivity contribution is 5.27. The van der Waals surface area contributed by atoms with Crippen LogP contribution in [0.1, 0.15) is 25.0 Å². The predicted molar refractivity (Wildman–Crippen MR) is 84.9 cm³/mol. The van der Waals surface area contributed by atoms with Gasteiger partial charge in [0.2, 0.25) is 0 Å². The molecule has 0 spiro atoms. The number of hydrogen-bond acceptors (Lipinski definition) is 4. The molecule has 0 heterocycles. The second-order valence-electron chi connectivity index (χ2n) is 3.40. The zero-order valence-electron chi connectivity index (χ0n) is 12.6. The molecule has 108 valence electrons. The van der Waals surface area contributed by atoms with Crippen molar-refractivity contribution in [2.24, 2.45) is 0 Å². The average Bonchev–Trinajstić information content (AvgIpc) is 2.58. The van der Waals surface area contributed by atoms with Gasteiger partial charge in [-0.1, -0.05) is 36.4 Å². The van der Waals surface area contributed by atoms with Crippen molar-refractivity contribution in [3.63, 3.8) is 0 Å². The van der Waals surface area contributed by atoms with Crippen molar-refractivity contribution >= 4 is 0 Å². The Hall–Kier alpha value is -3.60. The van der Waals surface area contributed by atoms with E-state index >= 15 is 0 Å². The van der Waals surface area contributed by atoms with Crippen LogP contribution >= 0.6 is 0 Å². The third kappa shape index (κ3) is 14.5. The van der Waals surface area contributed by atoms with Gasteiger partial charge in [0, 0.05) is 13.8 Å². The lowest BCUT2D eigenvalue weighted by Gasteiger charge is -1.80. The SMILES string of the molecule is CC#N.CC#N.N#Cc1ccccc1.N#Cc1ccccc1. The van der Waals surface area contributed by atoms with Crippen LogP contribution in [-0.4, -0.2) is 0 Å². The summed E-state index contributed by atoms with van der Waals surface area (Å²) >= 11 is 0. The van der Waals surface area contributed by atoms with E-state index in [-0.39, 0.29) is 0 Å². The van der Waals surface area contributed by atoms with Crippen molar-refractivity contribution in [2.75, 3.05) is 0 Å². The second-order valence-corrected chi connectivity index (χ2v) is 3.40. The summed E-state index contributed by atoms with van der Waals surface area (Å²) in [6.07, 6.45) is 0. The van der Waals surface area contributed by atoms with Crippen molar-refractivity contribution in [1.82, 2.24) is 0 Å². The largest absolute Gasteiger partial charge is 0.199 e. The third-order valence-corrected chi connectivity index (χ3v) is 1.81. The number of nitriles is 4. The minimum absolute atomic E-state index is 0.715. The van der Waals surface area contributed by atoms with E-state index in [0.29, 0.717) is 11.1 Å². The van der Waals surface area contributed by atoms with Crippen molar-refractivity contribution in [1.29, 1.82) is 21.0 Å². The van der Waals surface area contributed by atoms with Crippen LogP contribution in [0.15, 0.2) is 60.7 Å². The Kier molecular flexibility index (Phi) is 16.4. The van der Waals surface area contributed by atoms with Gasteiger partial charge < -0.3 is 0 Å². The van der Waals surface area contributed by atoms with Gasteiger partial charge >= 0.3 is 0 Å². The molecule has 2 aromatic carbocycles. The van der Waals surface area contributed by atoms with E-state index < -0.39 is 0 Å². The van der Waals surface area contributed by atoms with Gasteiger partial charge in [-0.25, -0.2) is 0 Å². The van der Waals surface area contributed by atoms with Gasteiger partial charge in [-0.05, 0) is 24.3 Å². The molecule has 0 amide bonds. The Bertz CT molecular complexity index is 589. The van der Waals surface area contributed by atoms with Crippen LogP contribution < -0.4 is 0 Å². The van der Waals surface area contributed by atoms with Crippen molar-refractivity contribution in [3.8, 4) is 24.3 Å². The molecule has 0 aliphatic heterocycles. The molecule has 0 aliphatic rings. The zero-order valence-corrected chi connectivity index (χ0v) is 12.6. The van der Waals surface area contributed by atoms with Crippen LogP contribution in [0.4, 0.5) is 0 Å². The Labute approximate surface area is 131 Å². The molecule has 0 aliphatic carbocycles. The van der Waals surface area contributed by atoms with Crippen molar-refractivity contribution in [3.05, 3.63) is 71.8 Å². The first-order valence-electron chi connectivity index (χ1n) is 6.22. The molecule has 0 atom stereocenters. The maximum atomic E-state index is 8.29. The first-order chi connectivity index (χ1) is 10.7. The molecule has 4 nitrogen and oxygen atoms in total. The summed E-state index contributed by atoms with van der Waals surface area (Å²) in [5.74, 6) is 0. The Balaban J connectivity index is 0. The van der Waals surface area contributed by atoms with Crippen molar-refractivity contribution < 1.29 is 0 Å². The van der Waals surface area contributed by atoms with Gasteiger partial charge in [-0.2, -0.15) is 21.0 Å². The average molecular weight is 288 g/mol. The van der Waals surface area contributed by atoms with Gasteiger partial charge in [0.05, 0.1) is 35.4 Å². The Morgan fingerprint density at radius 1 is 0.545 bits per heavy atom. The van der Waals surface area contributed by atoms with E-state index in [0.717, 1.165) is 0 Å². The van der Waals surface area contributed by atoms with Gasteiger partial charge in [-0.15, -0.1) is 0 Å². The van der Waals surface area contributed by atoms with Crippen LogP contribution in [0.5, 0.6) is 0 Å². The van der Waals surface area contributed by atoms with Crippen LogP contribution in [0.2, 0.25) is 0 Å². The normalized spacial score (nSPS) is 6.45. The van der Waals surface area contributed by atoms with Crippen LogP contribution in [-0.2, 0) is 0 Å². The van der Waals surface area contributed by atoms with Gasteiger partial charge in [-0.3, -0.25) is 0 Å².